The second-order valence-electron chi connectivity index (χ2n) is 8.44. The van der Waals surface area contributed by atoms with Crippen molar-refractivity contribution in [1.29, 1.82) is 0 Å². The highest BCUT2D eigenvalue weighted by molar-refractivity contribution is 6.30. The van der Waals surface area contributed by atoms with Crippen molar-refractivity contribution in [2.24, 2.45) is 0 Å². The van der Waals surface area contributed by atoms with Gasteiger partial charge in [0.15, 0.2) is 0 Å². The van der Waals surface area contributed by atoms with Crippen LogP contribution < -0.4 is 10.2 Å². The predicted octanol–water partition coefficient (Wildman–Crippen LogP) is 4.57. The van der Waals surface area contributed by atoms with E-state index in [1.807, 2.05) is 48.5 Å². The third-order valence-electron chi connectivity index (χ3n) is 6.37. The molecule has 1 saturated heterocycles. The van der Waals surface area contributed by atoms with Gasteiger partial charge in [-0.3, -0.25) is 19.4 Å². The average molecular weight is 460 g/mol. The van der Waals surface area contributed by atoms with Gasteiger partial charge >= 0.3 is 6.03 Å². The van der Waals surface area contributed by atoms with E-state index in [0.717, 1.165) is 40.2 Å². The van der Waals surface area contributed by atoms with E-state index in [1.54, 1.807) is 36.1 Å². The Hall–Kier alpha value is -3.64. The summed E-state index contributed by atoms with van der Waals surface area (Å²) in [6, 6.07) is 21.6. The van der Waals surface area contributed by atoms with E-state index in [9.17, 15) is 14.4 Å². The molecule has 2 aliphatic heterocycles. The van der Waals surface area contributed by atoms with Crippen LogP contribution in [-0.4, -0.2) is 29.3 Å². The first-order valence-electron chi connectivity index (χ1n) is 10.8. The summed E-state index contributed by atoms with van der Waals surface area (Å²) < 4.78 is 0. The van der Waals surface area contributed by atoms with Crippen LogP contribution in [-0.2, 0) is 28.0 Å². The molecule has 2 aliphatic rings. The summed E-state index contributed by atoms with van der Waals surface area (Å²) in [5.41, 5.74) is 2.98. The smallest absolute Gasteiger partial charge is 0.319 e. The van der Waals surface area contributed by atoms with Gasteiger partial charge in [-0.25, -0.2) is 4.79 Å². The number of aryl methyl sites for hydroxylation is 2. The molecule has 2 heterocycles. The molecule has 0 saturated carbocycles. The van der Waals surface area contributed by atoms with Crippen molar-refractivity contribution in [3.63, 3.8) is 0 Å². The SMILES string of the molecule is CC1(c2ccc(Cl)cc2)NC(=O)N(CC(=O)N2c3ccccc3CCc3ccccc32)C1=O. The van der Waals surface area contributed by atoms with Crippen LogP contribution in [0.15, 0.2) is 72.8 Å². The number of carbonyl (C=O) groups excluding carboxylic acids is 3. The Bertz CT molecular complexity index is 1230. The van der Waals surface area contributed by atoms with E-state index in [4.69, 9.17) is 11.6 Å². The van der Waals surface area contributed by atoms with Crippen LogP contribution in [0.25, 0.3) is 0 Å². The fourth-order valence-electron chi connectivity index (χ4n) is 4.57. The maximum Gasteiger partial charge on any atom is 0.325 e. The molecule has 1 N–H and O–H groups in total. The highest BCUT2D eigenvalue weighted by Crippen LogP contribution is 2.37. The second-order valence-corrected chi connectivity index (χ2v) is 8.88. The molecule has 5 rings (SSSR count). The van der Waals surface area contributed by atoms with Crippen molar-refractivity contribution >= 4 is 40.8 Å². The Kier molecular flexibility index (Phi) is 5.17. The van der Waals surface area contributed by atoms with Gasteiger partial charge in [-0.2, -0.15) is 0 Å². The van der Waals surface area contributed by atoms with Gasteiger partial charge in [0.25, 0.3) is 11.8 Å². The van der Waals surface area contributed by atoms with Crippen LogP contribution in [0.1, 0.15) is 23.6 Å². The van der Waals surface area contributed by atoms with Gasteiger partial charge in [0.2, 0.25) is 0 Å². The van der Waals surface area contributed by atoms with Crippen LogP contribution in [0.2, 0.25) is 5.02 Å². The summed E-state index contributed by atoms with van der Waals surface area (Å²) in [5.74, 6) is -0.819. The van der Waals surface area contributed by atoms with Gasteiger partial charge in [-0.1, -0.05) is 60.1 Å². The van der Waals surface area contributed by atoms with Crippen molar-refractivity contribution in [2.75, 3.05) is 11.4 Å². The number of amides is 4. The zero-order chi connectivity index (χ0) is 23.2. The molecule has 7 heteroatoms. The molecule has 0 aromatic heterocycles. The normalized spacial score (nSPS) is 19.6. The number of anilines is 2. The third-order valence-corrected chi connectivity index (χ3v) is 6.62. The molecule has 3 aromatic carbocycles. The molecular weight excluding hydrogens is 438 g/mol. The Labute approximate surface area is 196 Å². The first kappa shape index (κ1) is 21.2. The van der Waals surface area contributed by atoms with Gasteiger partial charge in [0.1, 0.15) is 12.1 Å². The van der Waals surface area contributed by atoms with E-state index in [-0.39, 0.29) is 12.5 Å². The standard InChI is InChI=1S/C26H22ClN3O3/c1-26(19-12-14-20(27)15-13-19)24(32)29(25(33)28-26)16-23(31)30-21-8-4-2-6-17(21)10-11-18-7-3-5-9-22(18)30/h2-9,12-15H,10-11,16H2,1H3,(H,28,33). The minimum absolute atomic E-state index is 0.347. The van der Waals surface area contributed by atoms with E-state index in [2.05, 4.69) is 5.32 Å². The second kappa shape index (κ2) is 8.05. The summed E-state index contributed by atoms with van der Waals surface area (Å²) in [6.45, 7) is 1.27. The third kappa shape index (κ3) is 3.56. The lowest BCUT2D eigenvalue weighted by atomic mass is 9.92. The minimum Gasteiger partial charge on any atom is -0.319 e. The lowest BCUT2D eigenvalue weighted by molar-refractivity contribution is -0.134. The maximum absolute atomic E-state index is 13.7. The van der Waals surface area contributed by atoms with Crippen LogP contribution >= 0.6 is 11.6 Å². The molecule has 6 nitrogen and oxygen atoms in total. The molecule has 1 fully saturated rings. The number of nitrogens with one attached hydrogen (secondary N) is 1. The summed E-state index contributed by atoms with van der Waals surface area (Å²) in [4.78, 5) is 42.4. The van der Waals surface area contributed by atoms with E-state index in [0.29, 0.717) is 10.6 Å². The quantitative estimate of drug-likeness (QED) is 0.583. The van der Waals surface area contributed by atoms with E-state index < -0.39 is 17.5 Å². The summed E-state index contributed by atoms with van der Waals surface area (Å²) in [5, 5.41) is 3.28. The number of hydrogen-bond acceptors (Lipinski definition) is 3. The van der Waals surface area contributed by atoms with Crippen LogP contribution in [0, 0.1) is 0 Å². The lowest BCUT2D eigenvalue weighted by Crippen LogP contribution is -2.43. The van der Waals surface area contributed by atoms with Crippen LogP contribution in [0.5, 0.6) is 0 Å². The van der Waals surface area contributed by atoms with Crippen molar-refractivity contribution in [2.45, 2.75) is 25.3 Å². The van der Waals surface area contributed by atoms with Crippen molar-refractivity contribution in [3.05, 3.63) is 94.5 Å². The molecule has 1 unspecified atom stereocenters. The number of para-hydroxylation sites is 2. The molecule has 33 heavy (non-hydrogen) atoms. The lowest BCUT2D eigenvalue weighted by Gasteiger charge is -2.27. The summed E-state index contributed by atoms with van der Waals surface area (Å²) in [7, 11) is 0. The fraction of sp³-hybridized carbons (Fsp3) is 0.192. The molecule has 0 aliphatic carbocycles. The highest BCUT2D eigenvalue weighted by atomic mass is 35.5. The van der Waals surface area contributed by atoms with Crippen LogP contribution in [0.3, 0.4) is 0 Å². The fourth-order valence-corrected chi connectivity index (χ4v) is 4.70. The predicted molar refractivity (Wildman–Crippen MR) is 126 cm³/mol. The number of urea groups is 1. The molecule has 0 radical (unpaired) electrons. The molecule has 3 aromatic rings. The maximum atomic E-state index is 13.7. The molecule has 0 spiro atoms. The Morgan fingerprint density at radius 2 is 1.45 bits per heavy atom. The number of rotatable bonds is 3. The molecule has 0 bridgehead atoms. The number of fused-ring (bicyclic) bond motifs is 2. The van der Waals surface area contributed by atoms with Gasteiger partial charge in [-0.15, -0.1) is 0 Å². The topological polar surface area (TPSA) is 69.7 Å². The summed E-state index contributed by atoms with van der Waals surface area (Å²) in [6.07, 6.45) is 1.60. The van der Waals surface area contributed by atoms with Crippen molar-refractivity contribution < 1.29 is 14.4 Å². The van der Waals surface area contributed by atoms with Crippen LogP contribution in [0.4, 0.5) is 16.2 Å². The van der Waals surface area contributed by atoms with Crippen molar-refractivity contribution in [1.82, 2.24) is 10.2 Å². The van der Waals surface area contributed by atoms with Crippen molar-refractivity contribution in [3.8, 4) is 0 Å². The first-order valence-corrected chi connectivity index (χ1v) is 11.2. The molecule has 166 valence electrons. The number of halogens is 1. The number of benzene rings is 3. The Balaban J connectivity index is 1.48. The molecule has 4 amide bonds. The first-order chi connectivity index (χ1) is 15.9. The van der Waals surface area contributed by atoms with Gasteiger partial charge < -0.3 is 5.32 Å². The summed E-state index contributed by atoms with van der Waals surface area (Å²) >= 11 is 5.98. The monoisotopic (exact) mass is 459 g/mol. The zero-order valence-electron chi connectivity index (χ0n) is 18.0. The minimum atomic E-state index is -1.27. The van der Waals surface area contributed by atoms with Gasteiger partial charge in [0.05, 0.1) is 11.4 Å². The zero-order valence-corrected chi connectivity index (χ0v) is 18.8. The number of carbonyl (C=O) groups is 3. The van der Waals surface area contributed by atoms with Gasteiger partial charge in [-0.05, 0) is 60.7 Å². The molecule has 1 atom stereocenters. The number of imide groups is 1. The molecular formula is C26H22ClN3O3. The Morgan fingerprint density at radius 1 is 0.909 bits per heavy atom. The number of nitrogens with zero attached hydrogens (tertiary/aromatic N) is 2. The van der Waals surface area contributed by atoms with E-state index >= 15 is 0 Å². The average Bonchev–Trinajstić information content (AvgIpc) is 2.95. The van der Waals surface area contributed by atoms with Gasteiger partial charge in [0, 0.05) is 5.02 Å². The largest absolute Gasteiger partial charge is 0.325 e. The highest BCUT2D eigenvalue weighted by Gasteiger charge is 2.50. The number of hydrogen-bond donors (Lipinski definition) is 1. The Morgan fingerprint density at radius 3 is 2.03 bits per heavy atom. The van der Waals surface area contributed by atoms with E-state index in [1.165, 1.54) is 0 Å².